The number of carbonyl (C=O) groups excluding carboxylic acids is 2. The molecule has 0 fully saturated rings. The van der Waals surface area contributed by atoms with E-state index in [1.165, 1.54) is 17.0 Å². The van der Waals surface area contributed by atoms with Crippen molar-refractivity contribution < 1.29 is 18.0 Å². The molecule has 0 aliphatic rings. The van der Waals surface area contributed by atoms with Gasteiger partial charge in [0.05, 0.1) is 10.6 Å². The van der Waals surface area contributed by atoms with Crippen molar-refractivity contribution in [1.82, 2.24) is 10.2 Å². The van der Waals surface area contributed by atoms with Gasteiger partial charge in [0.25, 0.3) is 10.0 Å². The average molecular weight is 632 g/mol. The van der Waals surface area contributed by atoms with Crippen LogP contribution in [0.5, 0.6) is 0 Å². The minimum atomic E-state index is -4.14. The van der Waals surface area contributed by atoms with Crippen molar-refractivity contribution in [3.8, 4) is 0 Å². The molecule has 0 saturated carbocycles. The van der Waals surface area contributed by atoms with Gasteiger partial charge >= 0.3 is 0 Å². The Balaban J connectivity index is 1.77. The van der Waals surface area contributed by atoms with E-state index in [1.807, 2.05) is 50.2 Å². The second kappa shape index (κ2) is 15.5. The number of anilines is 1. The van der Waals surface area contributed by atoms with Crippen LogP contribution in [0.4, 0.5) is 5.69 Å². The summed E-state index contributed by atoms with van der Waals surface area (Å²) in [5.74, 6) is -0.818. The van der Waals surface area contributed by atoms with Crippen molar-refractivity contribution >= 4 is 39.1 Å². The van der Waals surface area contributed by atoms with E-state index in [4.69, 9.17) is 11.6 Å². The number of nitrogens with one attached hydrogen (secondary N) is 1. The highest BCUT2D eigenvalue weighted by atomic mass is 35.5. The first-order chi connectivity index (χ1) is 21.2. The molecular formula is C35H38ClN3O4S. The van der Waals surface area contributed by atoms with Crippen molar-refractivity contribution in [1.29, 1.82) is 0 Å². The van der Waals surface area contributed by atoms with Crippen molar-refractivity contribution in [3.05, 3.63) is 131 Å². The predicted molar refractivity (Wildman–Crippen MR) is 176 cm³/mol. The molecule has 0 spiro atoms. The van der Waals surface area contributed by atoms with Gasteiger partial charge in [0.1, 0.15) is 12.6 Å². The first-order valence-corrected chi connectivity index (χ1v) is 16.5. The predicted octanol–water partition coefficient (Wildman–Crippen LogP) is 6.40. The molecule has 1 N–H and O–H groups in total. The zero-order valence-corrected chi connectivity index (χ0v) is 26.6. The fraction of sp³-hybridized carbons (Fsp3) is 0.257. The Labute approximate surface area is 265 Å². The molecule has 0 unspecified atom stereocenters. The molecule has 0 aliphatic carbocycles. The lowest BCUT2D eigenvalue weighted by atomic mass is 10.0. The van der Waals surface area contributed by atoms with Crippen LogP contribution < -0.4 is 9.62 Å². The van der Waals surface area contributed by atoms with Crippen LogP contribution >= 0.6 is 11.6 Å². The van der Waals surface area contributed by atoms with Gasteiger partial charge in [-0.05, 0) is 60.9 Å². The Hall–Kier alpha value is -4.14. The number of nitrogens with zero attached hydrogens (tertiary/aromatic N) is 2. The number of benzene rings is 4. The largest absolute Gasteiger partial charge is 0.354 e. The molecule has 7 nitrogen and oxygen atoms in total. The Kier molecular flexibility index (Phi) is 11.6. The highest BCUT2D eigenvalue weighted by molar-refractivity contribution is 7.92. The third-order valence-corrected chi connectivity index (χ3v) is 9.30. The SMILES string of the molecule is CCCCNC(=O)[C@H](Cc1ccccc1)N(Cc1cccc(Cl)c1)C(=O)CN(c1ccccc1)S(=O)(=O)c1ccc(C)cc1. The number of carbonyl (C=O) groups is 2. The molecule has 230 valence electrons. The van der Waals surface area contributed by atoms with Crippen LogP contribution in [0.25, 0.3) is 0 Å². The molecule has 0 aliphatic heterocycles. The summed E-state index contributed by atoms with van der Waals surface area (Å²) in [5, 5.41) is 3.49. The number of para-hydroxylation sites is 1. The Morgan fingerprint density at radius 3 is 2.11 bits per heavy atom. The van der Waals surface area contributed by atoms with Gasteiger partial charge < -0.3 is 10.2 Å². The van der Waals surface area contributed by atoms with E-state index >= 15 is 0 Å². The molecule has 9 heteroatoms. The van der Waals surface area contributed by atoms with E-state index < -0.39 is 28.5 Å². The van der Waals surface area contributed by atoms with Crippen molar-refractivity contribution in [2.24, 2.45) is 0 Å². The number of hydrogen-bond donors (Lipinski definition) is 1. The fourth-order valence-corrected chi connectivity index (χ4v) is 6.48. The summed E-state index contributed by atoms with van der Waals surface area (Å²) < 4.78 is 29.2. The zero-order chi connectivity index (χ0) is 31.5. The Bertz CT molecular complexity index is 1630. The Morgan fingerprint density at radius 1 is 0.841 bits per heavy atom. The molecule has 4 aromatic rings. The first-order valence-electron chi connectivity index (χ1n) is 14.7. The van der Waals surface area contributed by atoms with Gasteiger partial charge in [-0.25, -0.2) is 8.42 Å². The summed E-state index contributed by atoms with van der Waals surface area (Å²) in [6.45, 7) is 3.94. The maximum atomic E-state index is 14.4. The maximum Gasteiger partial charge on any atom is 0.264 e. The topological polar surface area (TPSA) is 86.8 Å². The summed E-state index contributed by atoms with van der Waals surface area (Å²) in [7, 11) is -4.14. The summed E-state index contributed by atoms with van der Waals surface area (Å²) >= 11 is 6.30. The number of halogens is 1. The molecule has 0 aromatic heterocycles. The van der Waals surface area contributed by atoms with E-state index in [2.05, 4.69) is 5.32 Å². The highest BCUT2D eigenvalue weighted by Crippen LogP contribution is 2.25. The highest BCUT2D eigenvalue weighted by Gasteiger charge is 2.34. The number of sulfonamides is 1. The molecule has 44 heavy (non-hydrogen) atoms. The molecule has 2 amide bonds. The van der Waals surface area contributed by atoms with Crippen molar-refractivity contribution in [2.75, 3.05) is 17.4 Å². The Morgan fingerprint density at radius 2 is 1.48 bits per heavy atom. The van der Waals surface area contributed by atoms with Gasteiger partial charge in [-0.2, -0.15) is 0 Å². The average Bonchev–Trinajstić information content (AvgIpc) is 3.02. The standard InChI is InChI=1S/C35H38ClN3O4S/c1-3-4-22-37-35(41)33(24-28-12-7-5-8-13-28)38(25-29-14-11-15-30(36)23-29)34(40)26-39(31-16-9-6-10-17-31)44(42,43)32-20-18-27(2)19-21-32/h5-21,23,33H,3-4,22,24-26H2,1-2H3,(H,37,41)/t33-/m0/s1. The lowest BCUT2D eigenvalue weighted by Crippen LogP contribution is -2.53. The lowest BCUT2D eigenvalue weighted by molar-refractivity contribution is -0.140. The minimum absolute atomic E-state index is 0.0608. The molecule has 0 heterocycles. The smallest absolute Gasteiger partial charge is 0.264 e. The van der Waals surface area contributed by atoms with E-state index in [0.29, 0.717) is 17.3 Å². The van der Waals surface area contributed by atoms with Gasteiger partial charge in [-0.1, -0.05) is 103 Å². The quantitative estimate of drug-likeness (QED) is 0.163. The van der Waals surface area contributed by atoms with E-state index in [1.54, 1.807) is 60.7 Å². The molecule has 4 aromatic carbocycles. The molecule has 0 radical (unpaired) electrons. The van der Waals surface area contributed by atoms with Crippen LogP contribution in [-0.4, -0.2) is 44.3 Å². The fourth-order valence-electron chi connectivity index (χ4n) is 4.85. The molecule has 1 atom stereocenters. The van der Waals surface area contributed by atoms with Gasteiger partial charge in [0.15, 0.2) is 0 Å². The van der Waals surface area contributed by atoms with E-state index in [-0.39, 0.29) is 23.8 Å². The van der Waals surface area contributed by atoms with Gasteiger partial charge in [-0.3, -0.25) is 13.9 Å². The van der Waals surface area contributed by atoms with E-state index in [9.17, 15) is 18.0 Å². The summed E-state index contributed by atoms with van der Waals surface area (Å²) in [6, 6.07) is 30.7. The van der Waals surface area contributed by atoms with Crippen LogP contribution in [0, 0.1) is 6.92 Å². The second-order valence-electron chi connectivity index (χ2n) is 10.7. The molecule has 0 bridgehead atoms. The third kappa shape index (κ3) is 8.71. The summed E-state index contributed by atoms with van der Waals surface area (Å²) in [4.78, 5) is 29.7. The van der Waals surface area contributed by atoms with E-state index in [0.717, 1.165) is 33.8 Å². The monoisotopic (exact) mass is 631 g/mol. The lowest BCUT2D eigenvalue weighted by Gasteiger charge is -2.34. The van der Waals surface area contributed by atoms with Gasteiger partial charge in [-0.15, -0.1) is 0 Å². The number of unbranched alkanes of at least 4 members (excludes halogenated alkanes) is 1. The second-order valence-corrected chi connectivity index (χ2v) is 13.0. The number of aryl methyl sites for hydroxylation is 1. The van der Waals surface area contributed by atoms with Crippen LogP contribution in [-0.2, 0) is 32.6 Å². The van der Waals surface area contributed by atoms with Crippen molar-refractivity contribution in [3.63, 3.8) is 0 Å². The van der Waals surface area contributed by atoms with Gasteiger partial charge in [0, 0.05) is 24.5 Å². The van der Waals surface area contributed by atoms with Crippen molar-refractivity contribution in [2.45, 2.75) is 50.6 Å². The number of rotatable bonds is 14. The summed E-state index contributed by atoms with van der Waals surface area (Å²) in [5.41, 5.74) is 2.85. The van der Waals surface area contributed by atoms with Crippen LogP contribution in [0.2, 0.25) is 5.02 Å². The van der Waals surface area contributed by atoms with Crippen LogP contribution in [0.3, 0.4) is 0 Å². The van der Waals surface area contributed by atoms with Crippen LogP contribution in [0.15, 0.2) is 114 Å². The number of hydrogen-bond acceptors (Lipinski definition) is 4. The zero-order valence-electron chi connectivity index (χ0n) is 25.0. The first kappa shape index (κ1) is 32.8. The van der Waals surface area contributed by atoms with Gasteiger partial charge in [0.2, 0.25) is 11.8 Å². The maximum absolute atomic E-state index is 14.4. The van der Waals surface area contributed by atoms with Crippen LogP contribution in [0.1, 0.15) is 36.5 Å². The molecule has 0 saturated heterocycles. The summed E-state index contributed by atoms with van der Waals surface area (Å²) in [6.07, 6.45) is 1.95. The third-order valence-electron chi connectivity index (χ3n) is 7.27. The number of amides is 2. The normalized spacial score (nSPS) is 11.9. The molecule has 4 rings (SSSR count). The molecular weight excluding hydrogens is 594 g/mol. The minimum Gasteiger partial charge on any atom is -0.354 e.